The highest BCUT2D eigenvalue weighted by Crippen LogP contribution is 2.52. The Morgan fingerprint density at radius 1 is 0.436 bits per heavy atom. The largest absolute Gasteiger partial charge is 0.496 e. The monoisotopic (exact) mass is 566 g/mol. The summed E-state index contributed by atoms with van der Waals surface area (Å²) in [6.45, 7) is 0. The molecule has 0 unspecified atom stereocenters. The molecule has 9 heteroatoms. The van der Waals surface area contributed by atoms with Crippen LogP contribution in [0.4, 0.5) is 0 Å². The van der Waals surface area contributed by atoms with Crippen LogP contribution in [0.15, 0.2) is 97.1 Å². The van der Waals surface area contributed by atoms with Crippen LogP contribution in [0.1, 0.15) is 0 Å². The van der Waals surface area contributed by atoms with Crippen molar-refractivity contribution in [3.8, 4) is 23.0 Å². The second-order valence-corrected chi connectivity index (χ2v) is 14.0. The third-order valence-electron chi connectivity index (χ3n) is 6.44. The summed E-state index contributed by atoms with van der Waals surface area (Å²) >= 11 is 0. The van der Waals surface area contributed by atoms with Crippen molar-refractivity contribution >= 4 is 35.5 Å². The molecule has 0 spiro atoms. The molecule has 4 rings (SSSR count). The first-order valence-electron chi connectivity index (χ1n) is 12.2. The lowest BCUT2D eigenvalue weighted by Gasteiger charge is -2.26. The average molecular weight is 567 g/mol. The summed E-state index contributed by atoms with van der Waals surface area (Å²) in [6.07, 6.45) is -0.468. The molecule has 0 N–H and O–H groups in total. The number of hydrogen-bond acceptors (Lipinski definition) is 7. The summed E-state index contributed by atoms with van der Waals surface area (Å²) in [5.74, 6) is 1.86. The van der Waals surface area contributed by atoms with Gasteiger partial charge in [0, 0.05) is 0 Å². The highest BCUT2D eigenvalue weighted by Gasteiger charge is 2.37. The Kier molecular flexibility index (Phi) is 9.19. The molecule has 0 bridgehead atoms. The Balaban J connectivity index is 1.81. The van der Waals surface area contributed by atoms with E-state index in [1.807, 2.05) is 24.3 Å². The van der Waals surface area contributed by atoms with Crippen LogP contribution in [-0.2, 0) is 13.9 Å². The molecule has 0 aliphatic heterocycles. The zero-order valence-corrected chi connectivity index (χ0v) is 24.2. The number of hydrogen-bond donors (Lipinski definition) is 0. The molecular formula is C30H32O7P2. The summed E-state index contributed by atoms with van der Waals surface area (Å²) in [7, 11) is -0.864. The minimum atomic E-state index is -3.49. The topological polar surface area (TPSA) is 80.3 Å². The molecule has 0 aliphatic carbocycles. The van der Waals surface area contributed by atoms with Gasteiger partial charge in [-0.15, -0.1) is 0 Å². The Morgan fingerprint density at radius 3 is 0.897 bits per heavy atom. The number of ether oxygens (including phenoxy) is 5. The fraction of sp³-hybridized carbons (Fsp3) is 0.200. The summed E-state index contributed by atoms with van der Waals surface area (Å²) in [6, 6.07) is 28.5. The predicted octanol–water partition coefficient (Wildman–Crippen LogP) is 4.98. The summed E-state index contributed by atoms with van der Waals surface area (Å²) in [5.41, 5.74) is 0. The molecule has 204 valence electrons. The lowest BCUT2D eigenvalue weighted by Crippen LogP contribution is -2.26. The van der Waals surface area contributed by atoms with Crippen molar-refractivity contribution in [3.05, 3.63) is 97.1 Å². The van der Waals surface area contributed by atoms with E-state index in [1.165, 1.54) is 28.4 Å². The summed E-state index contributed by atoms with van der Waals surface area (Å²) in [4.78, 5) is 0. The highest BCUT2D eigenvalue weighted by atomic mass is 31.2. The molecule has 0 radical (unpaired) electrons. The van der Waals surface area contributed by atoms with Gasteiger partial charge in [-0.3, -0.25) is 0 Å². The van der Waals surface area contributed by atoms with Crippen LogP contribution >= 0.6 is 14.3 Å². The molecule has 4 aromatic rings. The molecule has 0 fully saturated rings. The van der Waals surface area contributed by atoms with E-state index in [0.29, 0.717) is 44.2 Å². The van der Waals surface area contributed by atoms with Gasteiger partial charge in [0.25, 0.3) is 0 Å². The van der Waals surface area contributed by atoms with Gasteiger partial charge in [-0.25, -0.2) is 0 Å². The maximum atomic E-state index is 15.0. The Hall–Kier alpha value is -3.50. The van der Waals surface area contributed by atoms with Crippen LogP contribution < -0.4 is 40.2 Å². The second kappa shape index (κ2) is 12.6. The van der Waals surface area contributed by atoms with Crippen LogP contribution in [0.5, 0.6) is 23.0 Å². The third-order valence-corrected chi connectivity index (χ3v) is 12.1. The zero-order chi connectivity index (χ0) is 27.9. The van der Waals surface area contributed by atoms with Crippen molar-refractivity contribution in [1.82, 2.24) is 0 Å². The molecule has 0 atom stereocenters. The van der Waals surface area contributed by atoms with E-state index in [1.54, 1.807) is 72.8 Å². The molecule has 0 saturated carbocycles. The lowest BCUT2D eigenvalue weighted by atomic mass is 10.3. The Bertz CT molecular complexity index is 1300. The van der Waals surface area contributed by atoms with Crippen molar-refractivity contribution in [1.29, 1.82) is 0 Å². The Labute approximate surface area is 229 Å². The van der Waals surface area contributed by atoms with Gasteiger partial charge >= 0.3 is 0 Å². The smallest absolute Gasteiger partial charge is 0.174 e. The number of para-hydroxylation sites is 4. The first-order valence-corrected chi connectivity index (χ1v) is 16.0. The molecule has 0 aliphatic rings. The third kappa shape index (κ3) is 5.62. The van der Waals surface area contributed by atoms with E-state index >= 15 is 0 Å². The molecule has 39 heavy (non-hydrogen) atoms. The number of benzene rings is 4. The van der Waals surface area contributed by atoms with Gasteiger partial charge < -0.3 is 32.8 Å². The Morgan fingerprint density at radius 2 is 0.667 bits per heavy atom. The van der Waals surface area contributed by atoms with Crippen molar-refractivity contribution < 1.29 is 32.8 Å². The van der Waals surface area contributed by atoms with Crippen molar-refractivity contribution in [2.45, 2.75) is 0 Å². The van der Waals surface area contributed by atoms with Crippen LogP contribution in [0.2, 0.25) is 0 Å². The van der Waals surface area contributed by atoms with E-state index in [-0.39, 0.29) is 12.7 Å². The van der Waals surface area contributed by atoms with Crippen molar-refractivity contribution in [2.24, 2.45) is 0 Å². The second-order valence-electron chi connectivity index (χ2n) is 8.63. The summed E-state index contributed by atoms with van der Waals surface area (Å²) < 4.78 is 58.5. The first kappa shape index (κ1) is 28.5. The minimum Gasteiger partial charge on any atom is -0.496 e. The standard InChI is InChI=1S/C30H32O7P2/c1-33-23-13-5-9-17-27(23)38(31,28-18-10-6-14-24(28)34-2)21-37-22-39(32,29-19-11-7-15-25(29)35-3)30-20-12-8-16-26(30)36-4/h5-20H,21-22H2,1-4H3. The molecule has 4 aromatic carbocycles. The number of methoxy groups -OCH3 is 4. The van der Waals surface area contributed by atoms with E-state index in [9.17, 15) is 9.13 Å². The van der Waals surface area contributed by atoms with Gasteiger partial charge in [-0.05, 0) is 48.5 Å². The average Bonchev–Trinajstić information content (AvgIpc) is 3.00. The molecule has 0 aromatic heterocycles. The number of rotatable bonds is 12. The van der Waals surface area contributed by atoms with Gasteiger partial charge in [-0.1, -0.05) is 48.5 Å². The maximum Gasteiger partial charge on any atom is 0.174 e. The highest BCUT2D eigenvalue weighted by molar-refractivity contribution is 7.79. The van der Waals surface area contributed by atoms with Gasteiger partial charge in [0.1, 0.15) is 35.7 Å². The van der Waals surface area contributed by atoms with Gasteiger partial charge in [0.15, 0.2) is 14.3 Å². The fourth-order valence-corrected chi connectivity index (χ4v) is 9.86. The van der Waals surface area contributed by atoms with Crippen molar-refractivity contribution in [3.63, 3.8) is 0 Å². The van der Waals surface area contributed by atoms with Crippen molar-refractivity contribution in [2.75, 3.05) is 41.1 Å². The van der Waals surface area contributed by atoms with E-state index in [4.69, 9.17) is 23.7 Å². The molecule has 0 amide bonds. The zero-order valence-electron chi connectivity index (χ0n) is 22.4. The van der Waals surface area contributed by atoms with Crippen LogP contribution in [0, 0.1) is 0 Å². The predicted molar refractivity (Wildman–Crippen MR) is 157 cm³/mol. The normalized spacial score (nSPS) is 11.6. The van der Waals surface area contributed by atoms with E-state index in [2.05, 4.69) is 0 Å². The first-order chi connectivity index (χ1) is 18.9. The molecule has 7 nitrogen and oxygen atoms in total. The van der Waals surface area contributed by atoms with Crippen LogP contribution in [-0.4, -0.2) is 41.1 Å². The molecule has 0 saturated heterocycles. The SMILES string of the molecule is COc1ccccc1P(=O)(COCP(=O)(c1ccccc1OC)c1ccccc1OC)c1ccccc1OC. The van der Waals surface area contributed by atoms with Gasteiger partial charge in [-0.2, -0.15) is 0 Å². The quantitative estimate of drug-likeness (QED) is 0.224. The van der Waals surface area contributed by atoms with E-state index in [0.717, 1.165) is 0 Å². The molecular weight excluding hydrogens is 534 g/mol. The maximum absolute atomic E-state index is 15.0. The van der Waals surface area contributed by atoms with Crippen LogP contribution in [0.3, 0.4) is 0 Å². The van der Waals surface area contributed by atoms with E-state index < -0.39 is 14.3 Å². The lowest BCUT2D eigenvalue weighted by molar-refractivity contribution is 0.226. The summed E-state index contributed by atoms with van der Waals surface area (Å²) in [5, 5.41) is 1.95. The fourth-order valence-electron chi connectivity index (χ4n) is 4.55. The minimum absolute atomic E-state index is 0.234. The van der Waals surface area contributed by atoms with Gasteiger partial charge in [0.2, 0.25) is 0 Å². The molecule has 0 heterocycles. The van der Waals surface area contributed by atoms with Crippen LogP contribution in [0.25, 0.3) is 0 Å². The van der Waals surface area contributed by atoms with Gasteiger partial charge in [0.05, 0.1) is 49.7 Å².